The number of fused-ring (bicyclic) bond motifs is 1. The van der Waals surface area contributed by atoms with Crippen LogP contribution >= 0.6 is 11.9 Å². The Bertz CT molecular complexity index is 1750. The van der Waals surface area contributed by atoms with E-state index >= 15 is 0 Å². The second-order valence-electron chi connectivity index (χ2n) is 8.07. The summed E-state index contributed by atoms with van der Waals surface area (Å²) >= 11 is 0.926. The van der Waals surface area contributed by atoms with Gasteiger partial charge in [0.25, 0.3) is 11.5 Å². The number of benzene rings is 3. The van der Waals surface area contributed by atoms with Gasteiger partial charge in [0.05, 0.1) is 22.9 Å². The lowest BCUT2D eigenvalue weighted by Gasteiger charge is -2.13. The first-order valence-electron chi connectivity index (χ1n) is 11.2. The Labute approximate surface area is 219 Å². The van der Waals surface area contributed by atoms with Crippen molar-refractivity contribution < 1.29 is 18.3 Å². The van der Waals surface area contributed by atoms with Crippen LogP contribution in [0, 0.1) is 11.6 Å². The van der Waals surface area contributed by atoms with Gasteiger partial charge in [-0.05, 0) is 60.0 Å². The topological polar surface area (TPSA) is 112 Å². The molecule has 38 heavy (non-hydrogen) atoms. The van der Waals surface area contributed by atoms with E-state index < -0.39 is 23.1 Å². The lowest BCUT2D eigenvalue weighted by Crippen LogP contribution is -2.30. The molecule has 3 aromatic carbocycles. The number of ether oxygens (including phenoxy) is 1. The number of aromatic nitrogens is 3. The zero-order valence-corrected chi connectivity index (χ0v) is 20.6. The number of nitrogens with two attached hydrogens (primary N) is 1. The van der Waals surface area contributed by atoms with E-state index in [1.165, 1.54) is 13.2 Å². The van der Waals surface area contributed by atoms with Crippen molar-refractivity contribution in [2.45, 2.75) is 4.90 Å². The lowest BCUT2D eigenvalue weighted by atomic mass is 10.0. The van der Waals surface area contributed by atoms with Gasteiger partial charge in [0.15, 0.2) is 0 Å². The van der Waals surface area contributed by atoms with Gasteiger partial charge < -0.3 is 15.2 Å². The van der Waals surface area contributed by atoms with E-state index in [1.807, 2.05) is 0 Å². The maximum Gasteiger partial charge on any atom is 0.269 e. The summed E-state index contributed by atoms with van der Waals surface area (Å²) in [5.41, 5.74) is 7.63. The molecule has 2 aromatic heterocycles. The third-order valence-corrected chi connectivity index (χ3v) is 6.53. The summed E-state index contributed by atoms with van der Waals surface area (Å²) in [7, 11) is 1.44. The molecule has 5 rings (SSSR count). The standard InChI is InChI=1S/C27H19F2N5O3S/c1-37-24-22(33-38-23-10-8-18(28)13-20(23)29)12-17(14-31-24)16-7-9-21-19(11-16)26(36)34(27(30)32-21)25(35)15-5-3-2-4-6-15/h2-14,33H,1H3,(H2,30,32). The molecule has 0 radical (unpaired) electrons. The normalized spacial score (nSPS) is 10.9. The molecule has 11 heteroatoms. The number of nitrogen functional groups attached to an aromatic ring is 1. The fraction of sp³-hybridized carbons (Fsp3) is 0.0370. The fourth-order valence-electron chi connectivity index (χ4n) is 3.80. The Kier molecular flexibility index (Phi) is 6.75. The molecular weight excluding hydrogens is 512 g/mol. The number of hydrogen-bond acceptors (Lipinski definition) is 8. The van der Waals surface area contributed by atoms with Gasteiger partial charge in [0.2, 0.25) is 11.8 Å². The molecule has 0 saturated carbocycles. The summed E-state index contributed by atoms with van der Waals surface area (Å²) in [5.74, 6) is -1.95. The maximum atomic E-state index is 14.1. The molecule has 0 spiro atoms. The zero-order chi connectivity index (χ0) is 26.8. The van der Waals surface area contributed by atoms with E-state index in [4.69, 9.17) is 10.5 Å². The van der Waals surface area contributed by atoms with Gasteiger partial charge in [-0.1, -0.05) is 24.3 Å². The van der Waals surface area contributed by atoms with Crippen LogP contribution in [0.5, 0.6) is 5.88 Å². The van der Waals surface area contributed by atoms with Crippen molar-refractivity contribution in [1.29, 1.82) is 0 Å². The van der Waals surface area contributed by atoms with Crippen molar-refractivity contribution in [3.8, 4) is 17.0 Å². The van der Waals surface area contributed by atoms with Crippen LogP contribution in [-0.2, 0) is 0 Å². The van der Waals surface area contributed by atoms with E-state index in [2.05, 4.69) is 14.7 Å². The highest BCUT2D eigenvalue weighted by molar-refractivity contribution is 8.00. The number of pyridine rings is 1. The number of rotatable bonds is 6. The molecule has 0 saturated heterocycles. The molecule has 0 aliphatic rings. The molecule has 0 aliphatic heterocycles. The number of hydrogen-bond donors (Lipinski definition) is 2. The second kappa shape index (κ2) is 10.3. The third kappa shape index (κ3) is 4.78. The second-order valence-corrected chi connectivity index (χ2v) is 8.92. The van der Waals surface area contributed by atoms with Crippen LogP contribution in [-0.4, -0.2) is 27.6 Å². The number of carbonyl (C=O) groups excluding carboxylic acids is 1. The molecule has 0 bridgehead atoms. The van der Waals surface area contributed by atoms with Gasteiger partial charge in [-0.3, -0.25) is 9.59 Å². The van der Waals surface area contributed by atoms with Crippen molar-refractivity contribution >= 4 is 40.4 Å². The van der Waals surface area contributed by atoms with E-state index in [0.717, 1.165) is 28.6 Å². The van der Waals surface area contributed by atoms with Crippen LogP contribution in [0.1, 0.15) is 10.4 Å². The monoisotopic (exact) mass is 531 g/mol. The van der Waals surface area contributed by atoms with Crippen LogP contribution in [0.25, 0.3) is 22.0 Å². The lowest BCUT2D eigenvalue weighted by molar-refractivity contribution is 0.0958. The summed E-state index contributed by atoms with van der Waals surface area (Å²) in [6.45, 7) is 0. The van der Waals surface area contributed by atoms with Crippen LogP contribution in [0.4, 0.5) is 20.4 Å². The van der Waals surface area contributed by atoms with Crippen molar-refractivity contribution in [1.82, 2.24) is 14.5 Å². The Balaban J connectivity index is 1.53. The summed E-state index contributed by atoms with van der Waals surface area (Å²) in [6, 6.07) is 18.2. The minimum absolute atomic E-state index is 0.178. The molecule has 0 aliphatic carbocycles. The largest absolute Gasteiger partial charge is 0.480 e. The van der Waals surface area contributed by atoms with Gasteiger partial charge in [-0.15, -0.1) is 0 Å². The predicted molar refractivity (Wildman–Crippen MR) is 142 cm³/mol. The van der Waals surface area contributed by atoms with Crippen LogP contribution in [0.3, 0.4) is 0 Å². The highest BCUT2D eigenvalue weighted by Crippen LogP contribution is 2.33. The van der Waals surface area contributed by atoms with E-state index in [-0.39, 0.29) is 22.1 Å². The Hall–Kier alpha value is -4.77. The molecule has 2 heterocycles. The molecular formula is C27H19F2N5O3S. The smallest absolute Gasteiger partial charge is 0.269 e. The minimum atomic E-state index is -0.715. The molecule has 190 valence electrons. The molecule has 0 fully saturated rings. The van der Waals surface area contributed by atoms with E-state index in [9.17, 15) is 18.4 Å². The summed E-state index contributed by atoms with van der Waals surface area (Å²) in [6.07, 6.45) is 1.55. The third-order valence-electron chi connectivity index (χ3n) is 5.66. The highest BCUT2D eigenvalue weighted by Gasteiger charge is 2.18. The van der Waals surface area contributed by atoms with Crippen LogP contribution < -0.4 is 20.8 Å². The highest BCUT2D eigenvalue weighted by atomic mass is 32.2. The van der Waals surface area contributed by atoms with Crippen molar-refractivity contribution in [2.75, 3.05) is 17.6 Å². The van der Waals surface area contributed by atoms with Gasteiger partial charge in [-0.2, -0.15) is 0 Å². The minimum Gasteiger partial charge on any atom is -0.480 e. The zero-order valence-electron chi connectivity index (χ0n) is 19.8. The number of carbonyl (C=O) groups is 1. The first kappa shape index (κ1) is 24.9. The predicted octanol–water partition coefficient (Wildman–Crippen LogP) is 5.14. The summed E-state index contributed by atoms with van der Waals surface area (Å²) < 4.78 is 36.4. The van der Waals surface area contributed by atoms with Crippen molar-refractivity contribution in [2.24, 2.45) is 0 Å². The molecule has 3 N–H and O–H groups in total. The first-order valence-corrected chi connectivity index (χ1v) is 12.0. The number of halogens is 2. The average Bonchev–Trinajstić information content (AvgIpc) is 2.92. The number of nitrogens with one attached hydrogen (secondary N) is 1. The maximum absolute atomic E-state index is 14.1. The van der Waals surface area contributed by atoms with Crippen molar-refractivity contribution in [3.05, 3.63) is 107 Å². The molecule has 0 amide bonds. The molecule has 0 atom stereocenters. The number of methoxy groups -OCH3 is 1. The molecule has 5 aromatic rings. The van der Waals surface area contributed by atoms with Gasteiger partial charge in [0.1, 0.15) is 17.3 Å². The Morgan fingerprint density at radius 1 is 1.03 bits per heavy atom. The first-order chi connectivity index (χ1) is 18.4. The quantitative estimate of drug-likeness (QED) is 0.290. The van der Waals surface area contributed by atoms with Gasteiger partial charge in [0, 0.05) is 23.4 Å². The SMILES string of the molecule is COc1ncc(-c2ccc3nc(N)n(C(=O)c4ccccc4)c(=O)c3c2)cc1NSc1ccc(F)cc1F. The Morgan fingerprint density at radius 3 is 2.55 bits per heavy atom. The van der Waals surface area contributed by atoms with Gasteiger partial charge in [-0.25, -0.2) is 23.3 Å². The van der Waals surface area contributed by atoms with E-state index in [0.29, 0.717) is 27.9 Å². The summed E-state index contributed by atoms with van der Waals surface area (Å²) in [5, 5.41) is 0.189. The Morgan fingerprint density at radius 2 is 1.82 bits per heavy atom. The average molecular weight is 532 g/mol. The van der Waals surface area contributed by atoms with Gasteiger partial charge >= 0.3 is 0 Å². The number of anilines is 2. The summed E-state index contributed by atoms with van der Waals surface area (Å²) in [4.78, 5) is 35.1. The van der Waals surface area contributed by atoms with Crippen LogP contribution in [0.2, 0.25) is 0 Å². The molecule has 8 nitrogen and oxygen atoms in total. The number of nitrogens with zero attached hydrogens (tertiary/aromatic N) is 3. The fourth-order valence-corrected chi connectivity index (χ4v) is 4.46. The van der Waals surface area contributed by atoms with E-state index in [1.54, 1.807) is 60.8 Å². The van der Waals surface area contributed by atoms with Crippen LogP contribution in [0.15, 0.2) is 88.7 Å². The van der Waals surface area contributed by atoms with Crippen molar-refractivity contribution in [3.63, 3.8) is 0 Å². The molecule has 0 unspecified atom stereocenters.